The molecule has 0 aliphatic carbocycles. The first-order chi connectivity index (χ1) is 9.40. The van der Waals surface area contributed by atoms with Crippen LogP contribution in [0.4, 0.5) is 5.69 Å². The molecule has 0 spiro atoms. The number of aromatic nitrogens is 2. The molecular formula is C16H23N3. The maximum atomic E-state index is 3.97. The van der Waals surface area contributed by atoms with Crippen LogP contribution in [0.25, 0.3) is 11.3 Å². The largest absolute Gasteiger partial charge is 0.385 e. The monoisotopic (exact) mass is 257 g/mol. The van der Waals surface area contributed by atoms with Crippen LogP contribution < -0.4 is 5.32 Å². The number of benzene rings is 1. The number of H-pyrrole nitrogens is 1. The van der Waals surface area contributed by atoms with Crippen LogP contribution in [0.2, 0.25) is 0 Å². The second-order valence-electron chi connectivity index (χ2n) is 4.89. The van der Waals surface area contributed by atoms with Gasteiger partial charge in [-0.05, 0) is 30.2 Å². The number of rotatable bonds is 8. The van der Waals surface area contributed by atoms with E-state index in [0.717, 1.165) is 12.2 Å². The second kappa shape index (κ2) is 7.62. The van der Waals surface area contributed by atoms with Crippen LogP contribution in [0.5, 0.6) is 0 Å². The van der Waals surface area contributed by atoms with E-state index in [9.17, 15) is 0 Å². The smallest absolute Gasteiger partial charge is 0.0650 e. The Bertz CT molecular complexity index is 445. The summed E-state index contributed by atoms with van der Waals surface area (Å²) < 4.78 is 0. The predicted molar refractivity (Wildman–Crippen MR) is 81.3 cm³/mol. The molecule has 0 radical (unpaired) electrons. The Labute approximate surface area is 115 Å². The summed E-state index contributed by atoms with van der Waals surface area (Å²) in [4.78, 5) is 0. The van der Waals surface area contributed by atoms with E-state index in [1.165, 1.54) is 43.4 Å². The summed E-state index contributed by atoms with van der Waals surface area (Å²) in [5.74, 6) is 0. The van der Waals surface area contributed by atoms with Gasteiger partial charge in [-0.25, -0.2) is 0 Å². The molecule has 2 N–H and O–H groups in total. The molecule has 0 atom stereocenters. The van der Waals surface area contributed by atoms with Crippen LogP contribution in [0.1, 0.15) is 39.0 Å². The third-order valence-corrected chi connectivity index (χ3v) is 3.31. The molecular weight excluding hydrogens is 234 g/mol. The van der Waals surface area contributed by atoms with E-state index in [-0.39, 0.29) is 0 Å². The van der Waals surface area contributed by atoms with Gasteiger partial charge in [0.1, 0.15) is 0 Å². The molecule has 0 amide bonds. The second-order valence-corrected chi connectivity index (χ2v) is 4.89. The van der Waals surface area contributed by atoms with Crippen molar-refractivity contribution in [2.24, 2.45) is 0 Å². The van der Waals surface area contributed by atoms with E-state index < -0.39 is 0 Å². The lowest BCUT2D eigenvalue weighted by Gasteiger charge is -2.07. The van der Waals surface area contributed by atoms with Gasteiger partial charge in [-0.2, -0.15) is 5.10 Å². The molecule has 1 heterocycles. The van der Waals surface area contributed by atoms with E-state index in [0.29, 0.717) is 0 Å². The molecule has 0 saturated carbocycles. The van der Waals surface area contributed by atoms with Crippen molar-refractivity contribution in [2.75, 3.05) is 11.9 Å². The highest BCUT2D eigenvalue weighted by Gasteiger charge is 1.98. The fourth-order valence-corrected chi connectivity index (χ4v) is 2.15. The fraction of sp³-hybridized carbons (Fsp3) is 0.438. The summed E-state index contributed by atoms with van der Waals surface area (Å²) in [5, 5.41) is 10.4. The van der Waals surface area contributed by atoms with Crippen molar-refractivity contribution in [3.8, 4) is 11.3 Å². The molecule has 1 aromatic carbocycles. The Morgan fingerprint density at radius 2 is 1.79 bits per heavy atom. The maximum Gasteiger partial charge on any atom is 0.0650 e. The van der Waals surface area contributed by atoms with E-state index in [1.54, 1.807) is 6.20 Å². The average molecular weight is 257 g/mol. The molecule has 2 rings (SSSR count). The van der Waals surface area contributed by atoms with Crippen molar-refractivity contribution in [1.82, 2.24) is 10.2 Å². The number of nitrogens with one attached hydrogen (secondary N) is 2. The van der Waals surface area contributed by atoms with Gasteiger partial charge in [-0.15, -0.1) is 0 Å². The minimum absolute atomic E-state index is 1.06. The van der Waals surface area contributed by atoms with Crippen LogP contribution >= 0.6 is 0 Å². The third kappa shape index (κ3) is 4.43. The minimum atomic E-state index is 1.06. The van der Waals surface area contributed by atoms with Crippen molar-refractivity contribution in [3.05, 3.63) is 36.5 Å². The first-order valence-electron chi connectivity index (χ1n) is 7.24. The molecule has 102 valence electrons. The lowest BCUT2D eigenvalue weighted by atomic mass is 10.1. The summed E-state index contributed by atoms with van der Waals surface area (Å²) in [6.45, 7) is 3.31. The lowest BCUT2D eigenvalue weighted by Crippen LogP contribution is -2.01. The van der Waals surface area contributed by atoms with Gasteiger partial charge >= 0.3 is 0 Å². The van der Waals surface area contributed by atoms with E-state index >= 15 is 0 Å². The van der Waals surface area contributed by atoms with E-state index in [1.807, 2.05) is 6.07 Å². The first-order valence-corrected chi connectivity index (χ1v) is 7.24. The number of aromatic amines is 1. The Balaban J connectivity index is 1.73. The summed E-state index contributed by atoms with van der Waals surface area (Å²) >= 11 is 0. The molecule has 0 saturated heterocycles. The Morgan fingerprint density at radius 3 is 2.47 bits per heavy atom. The number of anilines is 1. The number of hydrogen-bond donors (Lipinski definition) is 2. The standard InChI is InChI=1S/C16H23N3/c1-2-3-4-5-6-12-17-15-9-7-14(8-10-15)16-11-13-18-19-16/h7-11,13,17H,2-6,12H2,1H3,(H,18,19). The highest BCUT2D eigenvalue weighted by atomic mass is 15.1. The van der Waals surface area contributed by atoms with Gasteiger partial charge < -0.3 is 5.32 Å². The van der Waals surface area contributed by atoms with Crippen LogP contribution in [0.15, 0.2) is 36.5 Å². The van der Waals surface area contributed by atoms with Crippen molar-refractivity contribution >= 4 is 5.69 Å². The number of unbranched alkanes of at least 4 members (excludes halogenated alkanes) is 4. The van der Waals surface area contributed by atoms with Gasteiger partial charge in [-0.3, -0.25) is 5.10 Å². The maximum absolute atomic E-state index is 3.97. The van der Waals surface area contributed by atoms with E-state index in [2.05, 4.69) is 46.7 Å². The summed E-state index contributed by atoms with van der Waals surface area (Å²) in [7, 11) is 0. The zero-order chi connectivity index (χ0) is 13.3. The summed E-state index contributed by atoms with van der Waals surface area (Å²) in [6.07, 6.45) is 8.38. The Kier molecular flexibility index (Phi) is 5.48. The van der Waals surface area contributed by atoms with Gasteiger partial charge in [0, 0.05) is 18.4 Å². The highest BCUT2D eigenvalue weighted by Crippen LogP contribution is 2.18. The van der Waals surface area contributed by atoms with Gasteiger partial charge in [0.05, 0.1) is 5.69 Å². The molecule has 2 aromatic rings. The normalized spacial score (nSPS) is 10.6. The Morgan fingerprint density at radius 1 is 1.00 bits per heavy atom. The van der Waals surface area contributed by atoms with Crippen LogP contribution in [-0.4, -0.2) is 16.7 Å². The predicted octanol–water partition coefficient (Wildman–Crippen LogP) is 4.46. The van der Waals surface area contributed by atoms with Crippen molar-refractivity contribution in [3.63, 3.8) is 0 Å². The molecule has 0 bridgehead atoms. The van der Waals surface area contributed by atoms with Crippen LogP contribution in [-0.2, 0) is 0 Å². The zero-order valence-corrected chi connectivity index (χ0v) is 11.7. The van der Waals surface area contributed by atoms with Crippen LogP contribution in [0, 0.1) is 0 Å². The van der Waals surface area contributed by atoms with Crippen molar-refractivity contribution < 1.29 is 0 Å². The van der Waals surface area contributed by atoms with Gasteiger partial charge in [0.15, 0.2) is 0 Å². The lowest BCUT2D eigenvalue weighted by molar-refractivity contribution is 0.645. The number of hydrogen-bond acceptors (Lipinski definition) is 2. The highest BCUT2D eigenvalue weighted by molar-refractivity contribution is 5.62. The minimum Gasteiger partial charge on any atom is -0.385 e. The summed E-state index contributed by atoms with van der Waals surface area (Å²) in [6, 6.07) is 10.5. The third-order valence-electron chi connectivity index (χ3n) is 3.31. The number of nitrogens with zero attached hydrogens (tertiary/aromatic N) is 1. The molecule has 0 fully saturated rings. The molecule has 19 heavy (non-hydrogen) atoms. The molecule has 3 nitrogen and oxygen atoms in total. The average Bonchev–Trinajstić information content (AvgIpc) is 2.97. The first kappa shape index (κ1) is 13.7. The SMILES string of the molecule is CCCCCCCNc1ccc(-c2ccn[nH]2)cc1. The van der Waals surface area contributed by atoms with Crippen molar-refractivity contribution in [2.45, 2.75) is 39.0 Å². The van der Waals surface area contributed by atoms with E-state index in [4.69, 9.17) is 0 Å². The fourth-order valence-electron chi connectivity index (χ4n) is 2.15. The molecule has 0 unspecified atom stereocenters. The van der Waals surface area contributed by atoms with Gasteiger partial charge in [0.2, 0.25) is 0 Å². The molecule has 0 aliphatic rings. The van der Waals surface area contributed by atoms with Crippen molar-refractivity contribution in [1.29, 1.82) is 0 Å². The van der Waals surface area contributed by atoms with Gasteiger partial charge in [0.25, 0.3) is 0 Å². The van der Waals surface area contributed by atoms with Gasteiger partial charge in [-0.1, -0.05) is 44.7 Å². The molecule has 3 heteroatoms. The molecule has 0 aliphatic heterocycles. The quantitative estimate of drug-likeness (QED) is 0.685. The zero-order valence-electron chi connectivity index (χ0n) is 11.7. The molecule has 1 aromatic heterocycles. The van der Waals surface area contributed by atoms with Crippen LogP contribution in [0.3, 0.4) is 0 Å². The topological polar surface area (TPSA) is 40.7 Å². The Hall–Kier alpha value is -1.77. The summed E-state index contributed by atoms with van der Waals surface area (Å²) in [5.41, 5.74) is 3.43.